The quantitative estimate of drug-likeness (QED) is 0.878. The molecule has 2 aromatic rings. The number of imide groups is 1. The highest BCUT2D eigenvalue weighted by Gasteiger charge is 2.28. The summed E-state index contributed by atoms with van der Waals surface area (Å²) < 4.78 is 5.47. The van der Waals surface area contributed by atoms with E-state index in [4.69, 9.17) is 4.74 Å². The molecule has 1 aliphatic rings. The van der Waals surface area contributed by atoms with Crippen molar-refractivity contribution in [2.75, 3.05) is 6.61 Å². The Bertz CT molecular complexity index is 790. The van der Waals surface area contributed by atoms with Crippen molar-refractivity contribution in [3.8, 4) is 5.88 Å². The van der Waals surface area contributed by atoms with Crippen molar-refractivity contribution in [1.82, 2.24) is 20.6 Å². The molecule has 1 heterocycles. The summed E-state index contributed by atoms with van der Waals surface area (Å²) >= 11 is 0. The molecule has 1 fully saturated rings. The molecule has 0 saturated heterocycles. The molecule has 0 spiro atoms. The summed E-state index contributed by atoms with van der Waals surface area (Å²) in [5.74, 6) is 0.773. The summed E-state index contributed by atoms with van der Waals surface area (Å²) in [5, 5.41) is 5.95. The van der Waals surface area contributed by atoms with Gasteiger partial charge in [-0.3, -0.25) is 10.1 Å². The zero-order chi connectivity index (χ0) is 18.5. The fourth-order valence-corrected chi connectivity index (χ4v) is 3.38. The first-order valence-electron chi connectivity index (χ1n) is 8.97. The number of carbonyl (C=O) groups excluding carboxylic acids is 2. The molecule has 1 saturated carbocycles. The van der Waals surface area contributed by atoms with E-state index in [-0.39, 0.29) is 12.6 Å². The number of urea groups is 1. The highest BCUT2D eigenvalue weighted by molar-refractivity contribution is 5.95. The number of para-hydroxylation sites is 1. The Morgan fingerprint density at radius 2 is 2.00 bits per heavy atom. The van der Waals surface area contributed by atoms with E-state index in [0.717, 1.165) is 23.7 Å². The van der Waals surface area contributed by atoms with Crippen LogP contribution in [-0.4, -0.2) is 34.6 Å². The van der Waals surface area contributed by atoms with E-state index in [1.165, 1.54) is 12.7 Å². The lowest BCUT2D eigenvalue weighted by atomic mass is 9.78. The lowest BCUT2D eigenvalue weighted by molar-refractivity contribution is -0.122. The van der Waals surface area contributed by atoms with Gasteiger partial charge in [-0.1, -0.05) is 38.8 Å². The van der Waals surface area contributed by atoms with Crippen LogP contribution in [0.5, 0.6) is 5.88 Å². The minimum absolute atomic E-state index is 0.0956. The minimum atomic E-state index is -0.512. The molecule has 26 heavy (non-hydrogen) atoms. The number of carbonyl (C=O) groups is 2. The molecule has 1 aromatic carbocycles. The molecular formula is C19H24N4O3. The van der Waals surface area contributed by atoms with Gasteiger partial charge in [0.1, 0.15) is 6.33 Å². The number of benzene rings is 1. The molecule has 3 unspecified atom stereocenters. The molecule has 1 aromatic heterocycles. The fourth-order valence-electron chi connectivity index (χ4n) is 3.38. The number of hydrogen-bond donors (Lipinski definition) is 2. The van der Waals surface area contributed by atoms with Gasteiger partial charge in [0.2, 0.25) is 5.88 Å². The highest BCUT2D eigenvalue weighted by atomic mass is 16.5. The van der Waals surface area contributed by atoms with Crippen molar-refractivity contribution in [2.45, 2.75) is 39.2 Å². The average molecular weight is 356 g/mol. The van der Waals surface area contributed by atoms with Gasteiger partial charge in [-0.15, -0.1) is 0 Å². The van der Waals surface area contributed by atoms with Gasteiger partial charge in [0.15, 0.2) is 6.61 Å². The van der Waals surface area contributed by atoms with Crippen molar-refractivity contribution >= 4 is 22.8 Å². The van der Waals surface area contributed by atoms with E-state index in [9.17, 15) is 9.59 Å². The number of fused-ring (bicyclic) bond motifs is 1. The maximum Gasteiger partial charge on any atom is 0.321 e. The van der Waals surface area contributed by atoms with Crippen LogP contribution in [0.3, 0.4) is 0 Å². The van der Waals surface area contributed by atoms with Crippen LogP contribution in [0.25, 0.3) is 10.9 Å². The zero-order valence-corrected chi connectivity index (χ0v) is 15.1. The molecule has 7 nitrogen and oxygen atoms in total. The Morgan fingerprint density at radius 1 is 1.19 bits per heavy atom. The van der Waals surface area contributed by atoms with Crippen LogP contribution in [0.1, 0.15) is 33.1 Å². The Hall–Kier alpha value is -2.70. The molecule has 0 aliphatic heterocycles. The number of amides is 3. The summed E-state index contributed by atoms with van der Waals surface area (Å²) in [6, 6.07) is 6.99. The lowest BCUT2D eigenvalue weighted by Gasteiger charge is -2.34. The normalized spacial score (nSPS) is 22.6. The second-order valence-electron chi connectivity index (χ2n) is 6.88. The van der Waals surface area contributed by atoms with Crippen LogP contribution >= 0.6 is 0 Å². The average Bonchev–Trinajstić information content (AvgIpc) is 2.63. The summed E-state index contributed by atoms with van der Waals surface area (Å²) in [6.07, 6.45) is 4.60. The van der Waals surface area contributed by atoms with Gasteiger partial charge in [-0.05, 0) is 30.4 Å². The van der Waals surface area contributed by atoms with Crippen molar-refractivity contribution in [2.24, 2.45) is 11.8 Å². The van der Waals surface area contributed by atoms with Gasteiger partial charge in [-0.2, -0.15) is 0 Å². The smallest absolute Gasteiger partial charge is 0.321 e. The molecule has 0 radical (unpaired) electrons. The Kier molecular flexibility index (Phi) is 5.65. The standard InChI is InChI=1S/C19H24N4O3/c1-12-6-5-9-15(13(12)2)22-19(25)23-17(24)10-26-18-14-7-3-4-8-16(14)20-11-21-18/h3-4,7-8,11-13,15H,5-6,9-10H2,1-2H3,(H2,22,23,24,25). The van der Waals surface area contributed by atoms with E-state index in [1.54, 1.807) is 0 Å². The third kappa shape index (κ3) is 4.28. The van der Waals surface area contributed by atoms with Crippen LogP contribution in [0.4, 0.5) is 4.79 Å². The van der Waals surface area contributed by atoms with Crippen molar-refractivity contribution in [3.63, 3.8) is 0 Å². The summed E-state index contributed by atoms with van der Waals surface area (Å²) in [4.78, 5) is 32.3. The maximum atomic E-state index is 12.1. The first-order chi connectivity index (χ1) is 12.5. The summed E-state index contributed by atoms with van der Waals surface area (Å²) in [5.41, 5.74) is 0.732. The molecule has 138 valence electrons. The first-order valence-corrected chi connectivity index (χ1v) is 8.97. The van der Waals surface area contributed by atoms with Gasteiger partial charge in [0.25, 0.3) is 5.91 Å². The molecule has 2 N–H and O–H groups in total. The van der Waals surface area contributed by atoms with Gasteiger partial charge >= 0.3 is 6.03 Å². The maximum absolute atomic E-state index is 12.1. The van der Waals surface area contributed by atoms with Gasteiger partial charge in [0.05, 0.1) is 10.9 Å². The predicted octanol–water partition coefficient (Wildman–Crippen LogP) is 2.66. The molecule has 3 atom stereocenters. The van der Waals surface area contributed by atoms with Gasteiger partial charge in [0, 0.05) is 6.04 Å². The molecule has 7 heteroatoms. The second kappa shape index (κ2) is 8.12. The lowest BCUT2D eigenvalue weighted by Crippen LogP contribution is -2.50. The van der Waals surface area contributed by atoms with Crippen LogP contribution in [0, 0.1) is 11.8 Å². The number of nitrogens with one attached hydrogen (secondary N) is 2. The number of nitrogens with zero attached hydrogens (tertiary/aromatic N) is 2. The summed E-state index contributed by atoms with van der Waals surface area (Å²) in [7, 11) is 0. The SMILES string of the molecule is CC1CCCC(NC(=O)NC(=O)COc2ncnc3ccccc23)C1C. The Balaban J connectivity index is 1.51. The van der Waals surface area contributed by atoms with E-state index >= 15 is 0 Å². The number of hydrogen-bond acceptors (Lipinski definition) is 5. The number of ether oxygens (including phenoxy) is 1. The minimum Gasteiger partial charge on any atom is -0.467 e. The van der Waals surface area contributed by atoms with E-state index in [1.807, 2.05) is 24.3 Å². The van der Waals surface area contributed by atoms with Crippen molar-refractivity contribution < 1.29 is 14.3 Å². The number of rotatable bonds is 4. The van der Waals surface area contributed by atoms with Crippen molar-refractivity contribution in [1.29, 1.82) is 0 Å². The molecular weight excluding hydrogens is 332 g/mol. The zero-order valence-electron chi connectivity index (χ0n) is 15.1. The second-order valence-corrected chi connectivity index (χ2v) is 6.88. The Morgan fingerprint density at radius 3 is 2.85 bits per heavy atom. The van der Waals surface area contributed by atoms with Gasteiger partial charge in [-0.25, -0.2) is 14.8 Å². The van der Waals surface area contributed by atoms with E-state index in [2.05, 4.69) is 34.4 Å². The van der Waals surface area contributed by atoms with Crippen LogP contribution in [0.15, 0.2) is 30.6 Å². The highest BCUT2D eigenvalue weighted by Crippen LogP contribution is 2.29. The van der Waals surface area contributed by atoms with Crippen LogP contribution < -0.4 is 15.4 Å². The van der Waals surface area contributed by atoms with E-state index in [0.29, 0.717) is 17.7 Å². The first kappa shape index (κ1) is 18.1. The topological polar surface area (TPSA) is 93.2 Å². The third-order valence-corrected chi connectivity index (χ3v) is 5.12. The van der Waals surface area contributed by atoms with Gasteiger partial charge < -0.3 is 10.1 Å². The third-order valence-electron chi connectivity index (χ3n) is 5.12. The Labute approximate surface area is 152 Å². The molecule has 3 amide bonds. The van der Waals surface area contributed by atoms with Crippen LogP contribution in [-0.2, 0) is 4.79 Å². The molecule has 0 bridgehead atoms. The molecule has 3 rings (SSSR count). The monoisotopic (exact) mass is 356 g/mol. The predicted molar refractivity (Wildman–Crippen MR) is 97.7 cm³/mol. The van der Waals surface area contributed by atoms with E-state index < -0.39 is 11.9 Å². The van der Waals surface area contributed by atoms with Crippen molar-refractivity contribution in [3.05, 3.63) is 30.6 Å². The number of aromatic nitrogens is 2. The van der Waals surface area contributed by atoms with Crippen LogP contribution in [0.2, 0.25) is 0 Å². The summed E-state index contributed by atoms with van der Waals surface area (Å²) in [6.45, 7) is 4.05. The molecule has 1 aliphatic carbocycles. The fraction of sp³-hybridized carbons (Fsp3) is 0.474. The largest absolute Gasteiger partial charge is 0.467 e.